The molecular formula is C24H22O7. The Bertz CT molecular complexity index is 1120. The summed E-state index contributed by atoms with van der Waals surface area (Å²) < 4.78 is 15.9. The quantitative estimate of drug-likeness (QED) is 0.331. The lowest BCUT2D eigenvalue weighted by Gasteiger charge is -2.28. The van der Waals surface area contributed by atoms with Crippen molar-refractivity contribution < 1.29 is 33.7 Å². The number of phenolic OH excluding ortho intramolecular Hbond substituents is 1. The maximum atomic E-state index is 12.7. The summed E-state index contributed by atoms with van der Waals surface area (Å²) in [5.41, 5.74) is 0.455. The number of ether oxygens (including phenoxy) is 3. The molecule has 0 aromatic heterocycles. The molecule has 2 aromatic carbocycles. The maximum absolute atomic E-state index is 12.7. The van der Waals surface area contributed by atoms with Crippen LogP contribution in [0, 0.1) is 0 Å². The number of carbonyl (C=O) groups excluding carboxylic acids is 3. The molecule has 1 aliphatic rings. The third-order valence-electron chi connectivity index (χ3n) is 4.38. The van der Waals surface area contributed by atoms with Gasteiger partial charge in [-0.05, 0) is 62.4 Å². The van der Waals surface area contributed by atoms with E-state index in [2.05, 4.69) is 0 Å². The van der Waals surface area contributed by atoms with Crippen molar-refractivity contribution in [2.75, 3.05) is 0 Å². The first-order valence-corrected chi connectivity index (χ1v) is 9.53. The Kier molecular flexibility index (Phi) is 5.97. The summed E-state index contributed by atoms with van der Waals surface area (Å²) in [6.07, 6.45) is 6.23. The van der Waals surface area contributed by atoms with E-state index in [1.54, 1.807) is 24.3 Å². The van der Waals surface area contributed by atoms with Gasteiger partial charge in [-0.3, -0.25) is 14.4 Å². The van der Waals surface area contributed by atoms with Gasteiger partial charge in [0.1, 0.15) is 28.6 Å². The van der Waals surface area contributed by atoms with Crippen LogP contribution in [0.3, 0.4) is 0 Å². The number of benzene rings is 2. The average molecular weight is 422 g/mol. The number of ketones is 1. The van der Waals surface area contributed by atoms with Gasteiger partial charge in [0, 0.05) is 25.5 Å². The molecule has 0 saturated heterocycles. The van der Waals surface area contributed by atoms with Gasteiger partial charge in [-0.2, -0.15) is 0 Å². The van der Waals surface area contributed by atoms with Crippen LogP contribution in [-0.2, 0) is 9.59 Å². The van der Waals surface area contributed by atoms with Gasteiger partial charge in [-0.1, -0.05) is 0 Å². The number of aromatic hydroxyl groups is 1. The standard InChI is InChI=1S/C24H22O7/c1-14(25)29-17-7-5-16(22(13-17)30-15(2)26)6-9-20(27)18-8-10-21-19(23(18)28)11-12-24(3,4)31-21/h5-13,28H,1-4H3/b9-6+. The van der Waals surface area contributed by atoms with Gasteiger partial charge in [0.2, 0.25) is 0 Å². The Balaban J connectivity index is 1.89. The third-order valence-corrected chi connectivity index (χ3v) is 4.38. The molecule has 0 spiro atoms. The SMILES string of the molecule is CC(=O)Oc1ccc(/C=C/C(=O)c2ccc3c(c2O)C=CC(C)(C)O3)c(OC(C)=O)c1. The van der Waals surface area contributed by atoms with E-state index in [-0.39, 0.29) is 22.8 Å². The molecule has 0 saturated carbocycles. The van der Waals surface area contributed by atoms with E-state index in [0.717, 1.165) is 0 Å². The number of hydrogen-bond donors (Lipinski definition) is 1. The molecule has 3 rings (SSSR count). The number of fused-ring (bicyclic) bond motifs is 1. The molecule has 0 radical (unpaired) electrons. The number of carbonyl (C=O) groups is 3. The van der Waals surface area contributed by atoms with Gasteiger partial charge >= 0.3 is 11.9 Å². The van der Waals surface area contributed by atoms with Crippen LogP contribution in [0.1, 0.15) is 49.2 Å². The Morgan fingerprint density at radius 1 is 1.03 bits per heavy atom. The highest BCUT2D eigenvalue weighted by Gasteiger charge is 2.25. The highest BCUT2D eigenvalue weighted by molar-refractivity contribution is 6.09. The lowest BCUT2D eigenvalue weighted by atomic mass is 9.98. The van der Waals surface area contributed by atoms with Crippen LogP contribution in [0.4, 0.5) is 0 Å². The van der Waals surface area contributed by atoms with Crippen LogP contribution in [0.15, 0.2) is 42.5 Å². The first-order valence-electron chi connectivity index (χ1n) is 9.53. The number of esters is 2. The van der Waals surface area contributed by atoms with Crippen molar-refractivity contribution in [2.24, 2.45) is 0 Å². The fourth-order valence-electron chi connectivity index (χ4n) is 3.02. The summed E-state index contributed by atoms with van der Waals surface area (Å²) in [6.45, 7) is 6.26. The van der Waals surface area contributed by atoms with Gasteiger partial charge in [0.05, 0.1) is 11.1 Å². The zero-order valence-corrected chi connectivity index (χ0v) is 17.6. The van der Waals surface area contributed by atoms with Crippen molar-refractivity contribution in [3.05, 3.63) is 59.2 Å². The van der Waals surface area contributed by atoms with Crippen LogP contribution in [0.2, 0.25) is 0 Å². The predicted molar refractivity (Wildman–Crippen MR) is 114 cm³/mol. The first-order chi connectivity index (χ1) is 14.6. The molecule has 1 N–H and O–H groups in total. The molecule has 31 heavy (non-hydrogen) atoms. The van der Waals surface area contributed by atoms with Gasteiger partial charge in [0.15, 0.2) is 5.78 Å². The molecule has 7 heteroatoms. The smallest absolute Gasteiger partial charge is 0.308 e. The number of allylic oxidation sites excluding steroid dienone is 1. The fraction of sp³-hybridized carbons (Fsp3) is 0.208. The number of rotatable bonds is 5. The Morgan fingerprint density at radius 3 is 2.42 bits per heavy atom. The number of phenols is 1. The molecule has 0 fully saturated rings. The van der Waals surface area contributed by atoms with Crippen molar-refractivity contribution >= 4 is 29.9 Å². The van der Waals surface area contributed by atoms with E-state index < -0.39 is 23.3 Å². The van der Waals surface area contributed by atoms with Crippen LogP contribution >= 0.6 is 0 Å². The third kappa shape index (κ3) is 5.19. The second-order valence-electron chi connectivity index (χ2n) is 7.50. The largest absolute Gasteiger partial charge is 0.506 e. The summed E-state index contributed by atoms with van der Waals surface area (Å²) in [4.78, 5) is 35.3. The molecule has 0 bridgehead atoms. The minimum atomic E-state index is -0.567. The van der Waals surface area contributed by atoms with Crippen LogP contribution in [0.5, 0.6) is 23.0 Å². The second-order valence-corrected chi connectivity index (χ2v) is 7.50. The molecule has 160 valence electrons. The molecular weight excluding hydrogens is 400 g/mol. The van der Waals surface area contributed by atoms with Crippen molar-refractivity contribution in [1.82, 2.24) is 0 Å². The van der Waals surface area contributed by atoms with E-state index in [1.807, 2.05) is 13.8 Å². The fourth-order valence-corrected chi connectivity index (χ4v) is 3.02. The Morgan fingerprint density at radius 2 is 1.74 bits per heavy atom. The lowest BCUT2D eigenvalue weighted by molar-refractivity contribution is -0.132. The Hall–Kier alpha value is -3.87. The molecule has 1 aliphatic heterocycles. The normalized spacial score (nSPS) is 13.9. The second kappa shape index (κ2) is 8.47. The molecule has 2 aromatic rings. The monoisotopic (exact) mass is 422 g/mol. The lowest BCUT2D eigenvalue weighted by Crippen LogP contribution is -2.27. The summed E-state index contributed by atoms with van der Waals surface area (Å²) >= 11 is 0. The molecule has 0 unspecified atom stereocenters. The summed E-state index contributed by atoms with van der Waals surface area (Å²) in [7, 11) is 0. The minimum Gasteiger partial charge on any atom is -0.506 e. The van der Waals surface area contributed by atoms with E-state index in [0.29, 0.717) is 16.9 Å². The van der Waals surface area contributed by atoms with Gasteiger partial charge < -0.3 is 19.3 Å². The highest BCUT2D eigenvalue weighted by atomic mass is 16.5. The molecule has 0 aliphatic carbocycles. The molecule has 0 atom stereocenters. The average Bonchev–Trinajstić information content (AvgIpc) is 2.65. The van der Waals surface area contributed by atoms with E-state index in [4.69, 9.17) is 14.2 Å². The van der Waals surface area contributed by atoms with Crippen molar-refractivity contribution in [1.29, 1.82) is 0 Å². The van der Waals surface area contributed by atoms with Crippen molar-refractivity contribution in [3.63, 3.8) is 0 Å². The van der Waals surface area contributed by atoms with Crippen LogP contribution in [-0.4, -0.2) is 28.4 Å². The topological polar surface area (TPSA) is 99.1 Å². The molecule has 0 amide bonds. The van der Waals surface area contributed by atoms with Crippen LogP contribution in [0.25, 0.3) is 12.2 Å². The van der Waals surface area contributed by atoms with Crippen molar-refractivity contribution in [3.8, 4) is 23.0 Å². The van der Waals surface area contributed by atoms with E-state index in [9.17, 15) is 19.5 Å². The summed E-state index contributed by atoms with van der Waals surface area (Å²) in [5.74, 6) is -0.887. The molecule has 7 nitrogen and oxygen atoms in total. The zero-order valence-electron chi connectivity index (χ0n) is 17.6. The van der Waals surface area contributed by atoms with Gasteiger partial charge in [-0.25, -0.2) is 0 Å². The predicted octanol–water partition coefficient (Wildman–Crippen LogP) is 4.32. The van der Waals surface area contributed by atoms with Crippen molar-refractivity contribution in [2.45, 2.75) is 33.3 Å². The number of hydrogen-bond acceptors (Lipinski definition) is 7. The van der Waals surface area contributed by atoms with Gasteiger partial charge in [-0.15, -0.1) is 0 Å². The van der Waals surface area contributed by atoms with E-state index in [1.165, 1.54) is 44.2 Å². The van der Waals surface area contributed by atoms with Crippen LogP contribution < -0.4 is 14.2 Å². The first kappa shape index (κ1) is 21.8. The summed E-state index contributed by atoms with van der Waals surface area (Å²) in [6, 6.07) is 7.57. The summed E-state index contributed by atoms with van der Waals surface area (Å²) in [5, 5.41) is 10.6. The Labute approximate surface area is 179 Å². The van der Waals surface area contributed by atoms with E-state index >= 15 is 0 Å². The maximum Gasteiger partial charge on any atom is 0.308 e. The highest BCUT2D eigenvalue weighted by Crippen LogP contribution is 2.38. The minimum absolute atomic E-state index is 0.105. The molecule has 1 heterocycles. The van der Waals surface area contributed by atoms with Gasteiger partial charge in [0.25, 0.3) is 0 Å². The zero-order chi connectivity index (χ0) is 22.8.